The summed E-state index contributed by atoms with van der Waals surface area (Å²) in [6, 6.07) is -2.36. The number of methoxy groups -OCH3 is 1. The Morgan fingerprint density at radius 3 is 1.38 bits per heavy atom. The Balaban J connectivity index is 3.53. The molecule has 0 fully saturated rings. The van der Waals surface area contributed by atoms with Crippen molar-refractivity contribution in [3.63, 3.8) is 0 Å². The first-order chi connectivity index (χ1) is 18.9. The maximum atomic E-state index is 13.2. The molecule has 2 N–H and O–H groups in total. The number of pyridine rings is 1. The number of carbonyl (C=O) groups excluding carboxylic acids is 4. The number of amides is 2. The molecule has 0 aliphatic heterocycles. The van der Waals surface area contributed by atoms with Crippen molar-refractivity contribution >= 4 is 24.1 Å². The second-order valence-electron chi connectivity index (χ2n) is 13.9. The van der Waals surface area contributed by atoms with Gasteiger partial charge in [0.25, 0.3) is 0 Å². The van der Waals surface area contributed by atoms with Gasteiger partial charge in [-0.3, -0.25) is 4.98 Å². The number of carbonyl (C=O) groups is 4. The standard InChI is InChI=1S/C30H49N3O9/c1-27(2,3)39-23(34)20(32-25(36)41-29(7,8)9)14-18-16-31-17-22(38-13)19(18)15-21(24(35)40-28(4,5)6)33-26(37)42-30(10,11)12/h16-17,20-21H,14-15H2,1-13H3,(H,32,36)(H,33,37)/t20-,21-/m0/s1. The highest BCUT2D eigenvalue weighted by Gasteiger charge is 2.33. The quantitative estimate of drug-likeness (QED) is 0.305. The maximum absolute atomic E-state index is 13.2. The van der Waals surface area contributed by atoms with Gasteiger partial charge in [-0.15, -0.1) is 0 Å². The molecule has 0 radical (unpaired) electrons. The van der Waals surface area contributed by atoms with E-state index in [0.717, 1.165) is 0 Å². The maximum Gasteiger partial charge on any atom is 0.408 e. The van der Waals surface area contributed by atoms with Crippen molar-refractivity contribution in [2.75, 3.05) is 7.11 Å². The predicted molar refractivity (Wildman–Crippen MR) is 156 cm³/mol. The van der Waals surface area contributed by atoms with Gasteiger partial charge in [0.15, 0.2) is 0 Å². The van der Waals surface area contributed by atoms with Crippen molar-refractivity contribution < 1.29 is 42.9 Å². The fourth-order valence-electron chi connectivity index (χ4n) is 3.55. The lowest BCUT2D eigenvalue weighted by atomic mass is 9.96. The van der Waals surface area contributed by atoms with Crippen molar-refractivity contribution in [3.05, 3.63) is 23.5 Å². The van der Waals surface area contributed by atoms with Crippen LogP contribution in [0, 0.1) is 0 Å². The first-order valence-electron chi connectivity index (χ1n) is 13.8. The van der Waals surface area contributed by atoms with E-state index < -0.39 is 58.6 Å². The molecular weight excluding hydrogens is 546 g/mol. The van der Waals surface area contributed by atoms with Gasteiger partial charge in [-0.05, 0) is 88.6 Å². The number of aromatic nitrogens is 1. The molecule has 2 amide bonds. The van der Waals surface area contributed by atoms with Gasteiger partial charge in [0, 0.05) is 24.6 Å². The zero-order chi connectivity index (χ0) is 32.7. The molecule has 1 aromatic rings. The van der Waals surface area contributed by atoms with Gasteiger partial charge in [0.05, 0.1) is 13.3 Å². The number of nitrogens with zero attached hydrogens (tertiary/aromatic N) is 1. The fraction of sp³-hybridized carbons (Fsp3) is 0.700. The molecule has 12 nitrogen and oxygen atoms in total. The minimum Gasteiger partial charge on any atom is -0.495 e. The van der Waals surface area contributed by atoms with E-state index in [1.54, 1.807) is 83.1 Å². The summed E-state index contributed by atoms with van der Waals surface area (Å²) in [6.45, 7) is 20.5. The number of esters is 2. The molecule has 12 heteroatoms. The Morgan fingerprint density at radius 2 is 1.02 bits per heavy atom. The molecular formula is C30H49N3O9. The van der Waals surface area contributed by atoms with E-state index in [0.29, 0.717) is 16.9 Å². The van der Waals surface area contributed by atoms with Crippen molar-refractivity contribution in [3.8, 4) is 5.75 Å². The highest BCUT2D eigenvalue weighted by molar-refractivity contribution is 5.83. The van der Waals surface area contributed by atoms with Crippen LogP contribution in [0.5, 0.6) is 5.75 Å². The summed E-state index contributed by atoms with van der Waals surface area (Å²) in [5.41, 5.74) is -2.37. The highest BCUT2D eigenvalue weighted by atomic mass is 16.6. The summed E-state index contributed by atoms with van der Waals surface area (Å²) in [5, 5.41) is 5.18. The summed E-state index contributed by atoms with van der Waals surface area (Å²) < 4.78 is 27.4. The van der Waals surface area contributed by atoms with Crippen LogP contribution in [0.4, 0.5) is 9.59 Å². The number of rotatable bonds is 9. The Kier molecular flexibility index (Phi) is 12.2. The van der Waals surface area contributed by atoms with Gasteiger partial charge in [-0.25, -0.2) is 19.2 Å². The number of hydrogen-bond acceptors (Lipinski definition) is 10. The van der Waals surface area contributed by atoms with Crippen LogP contribution >= 0.6 is 0 Å². The van der Waals surface area contributed by atoms with Crippen LogP contribution in [0.1, 0.15) is 94.2 Å². The van der Waals surface area contributed by atoms with Crippen molar-refractivity contribution in [2.24, 2.45) is 0 Å². The molecule has 1 aromatic heterocycles. The van der Waals surface area contributed by atoms with Gasteiger partial charge in [-0.2, -0.15) is 0 Å². The van der Waals surface area contributed by atoms with E-state index in [9.17, 15) is 19.2 Å². The SMILES string of the molecule is COc1cncc(C[C@H](NC(=O)OC(C)(C)C)C(=O)OC(C)(C)C)c1C[C@H](NC(=O)OC(C)(C)C)C(=O)OC(C)(C)C. The molecule has 2 atom stereocenters. The van der Waals surface area contributed by atoms with Gasteiger partial charge >= 0.3 is 24.1 Å². The van der Waals surface area contributed by atoms with Crippen LogP contribution in [0.25, 0.3) is 0 Å². The van der Waals surface area contributed by atoms with Crippen LogP contribution in [0.15, 0.2) is 12.4 Å². The average molecular weight is 596 g/mol. The van der Waals surface area contributed by atoms with Crippen LogP contribution in [0.2, 0.25) is 0 Å². The van der Waals surface area contributed by atoms with Crippen molar-refractivity contribution in [1.29, 1.82) is 0 Å². The van der Waals surface area contributed by atoms with Gasteiger partial charge < -0.3 is 34.3 Å². The normalized spacial score (nSPS) is 13.7. The molecule has 0 unspecified atom stereocenters. The third-order valence-corrected chi connectivity index (χ3v) is 4.92. The summed E-state index contributed by atoms with van der Waals surface area (Å²) >= 11 is 0. The summed E-state index contributed by atoms with van der Waals surface area (Å²) in [4.78, 5) is 56.0. The zero-order valence-corrected chi connectivity index (χ0v) is 27.3. The third kappa shape index (κ3) is 14.4. The van der Waals surface area contributed by atoms with Gasteiger partial charge in [0.2, 0.25) is 0 Å². The fourth-order valence-corrected chi connectivity index (χ4v) is 3.55. The van der Waals surface area contributed by atoms with Gasteiger partial charge in [0.1, 0.15) is 40.2 Å². The number of ether oxygens (including phenoxy) is 5. The van der Waals surface area contributed by atoms with Crippen LogP contribution in [0.3, 0.4) is 0 Å². The molecule has 0 saturated heterocycles. The zero-order valence-electron chi connectivity index (χ0n) is 27.3. The molecule has 0 spiro atoms. The van der Waals surface area contributed by atoms with Crippen molar-refractivity contribution in [2.45, 2.75) is 130 Å². The lowest BCUT2D eigenvalue weighted by Gasteiger charge is -2.28. The molecule has 238 valence electrons. The molecule has 1 heterocycles. The van der Waals surface area contributed by atoms with E-state index in [1.807, 2.05) is 0 Å². The monoisotopic (exact) mass is 595 g/mol. The van der Waals surface area contributed by atoms with E-state index in [-0.39, 0.29) is 12.8 Å². The lowest BCUT2D eigenvalue weighted by molar-refractivity contribution is -0.158. The van der Waals surface area contributed by atoms with Crippen LogP contribution in [-0.4, -0.2) is 70.7 Å². The Bertz CT molecular complexity index is 1110. The molecule has 0 bridgehead atoms. The molecule has 0 aliphatic rings. The highest BCUT2D eigenvalue weighted by Crippen LogP contribution is 2.26. The summed E-state index contributed by atoms with van der Waals surface area (Å²) in [5.74, 6) is -1.10. The van der Waals surface area contributed by atoms with E-state index in [4.69, 9.17) is 23.7 Å². The topological polar surface area (TPSA) is 151 Å². The van der Waals surface area contributed by atoms with Gasteiger partial charge in [-0.1, -0.05) is 0 Å². The molecule has 0 saturated carbocycles. The van der Waals surface area contributed by atoms with E-state index >= 15 is 0 Å². The Hall–Kier alpha value is -3.57. The summed E-state index contributed by atoms with van der Waals surface area (Å²) in [6.07, 6.45) is 1.14. The third-order valence-electron chi connectivity index (χ3n) is 4.92. The second-order valence-corrected chi connectivity index (χ2v) is 13.9. The molecule has 42 heavy (non-hydrogen) atoms. The average Bonchev–Trinajstić information content (AvgIpc) is 2.74. The second kappa shape index (κ2) is 14.1. The molecule has 0 aliphatic carbocycles. The van der Waals surface area contributed by atoms with E-state index in [1.165, 1.54) is 19.5 Å². The number of hydrogen-bond donors (Lipinski definition) is 2. The Labute approximate surface area is 249 Å². The Morgan fingerprint density at radius 1 is 0.643 bits per heavy atom. The van der Waals surface area contributed by atoms with Crippen LogP contribution < -0.4 is 15.4 Å². The number of nitrogens with one attached hydrogen (secondary N) is 2. The number of alkyl carbamates (subject to hydrolysis) is 2. The largest absolute Gasteiger partial charge is 0.495 e. The minimum absolute atomic E-state index is 0.0822. The van der Waals surface area contributed by atoms with Crippen molar-refractivity contribution in [1.82, 2.24) is 15.6 Å². The first kappa shape index (κ1) is 36.5. The lowest BCUT2D eigenvalue weighted by Crippen LogP contribution is -2.48. The first-order valence-corrected chi connectivity index (χ1v) is 13.8. The van der Waals surface area contributed by atoms with Crippen LogP contribution in [-0.2, 0) is 41.4 Å². The predicted octanol–water partition coefficient (Wildman–Crippen LogP) is 4.65. The summed E-state index contributed by atoms with van der Waals surface area (Å²) in [7, 11) is 1.43. The molecule has 1 rings (SSSR count). The smallest absolute Gasteiger partial charge is 0.408 e. The molecule has 0 aromatic carbocycles. The minimum atomic E-state index is -1.19. The van der Waals surface area contributed by atoms with E-state index in [2.05, 4.69) is 15.6 Å².